The number of hydrogen-bond acceptors (Lipinski definition) is 3. The second kappa shape index (κ2) is 4.38. The SMILES string of the molecule is CC(C)(C)S(=O)N=CC1=NCC#CO1. The van der Waals surface area contributed by atoms with E-state index in [2.05, 4.69) is 21.4 Å². The van der Waals surface area contributed by atoms with Gasteiger partial charge in [-0.15, -0.1) is 0 Å². The third kappa shape index (κ3) is 3.30. The van der Waals surface area contributed by atoms with E-state index in [0.29, 0.717) is 12.4 Å². The molecule has 0 aromatic heterocycles. The minimum atomic E-state index is -1.28. The summed E-state index contributed by atoms with van der Waals surface area (Å²) in [6, 6.07) is 0. The zero-order valence-electron chi connectivity index (χ0n) is 8.40. The van der Waals surface area contributed by atoms with Gasteiger partial charge >= 0.3 is 0 Å². The molecule has 0 radical (unpaired) electrons. The van der Waals surface area contributed by atoms with E-state index in [1.807, 2.05) is 20.8 Å². The van der Waals surface area contributed by atoms with Crippen molar-refractivity contribution >= 4 is 23.1 Å². The van der Waals surface area contributed by atoms with E-state index in [1.54, 1.807) is 0 Å². The van der Waals surface area contributed by atoms with Crippen LogP contribution in [0.3, 0.4) is 0 Å². The third-order valence-electron chi connectivity index (χ3n) is 1.32. The Morgan fingerprint density at radius 2 is 2.36 bits per heavy atom. The summed E-state index contributed by atoms with van der Waals surface area (Å²) in [7, 11) is -1.28. The molecule has 5 heteroatoms. The summed E-state index contributed by atoms with van der Waals surface area (Å²) < 4.78 is 19.8. The van der Waals surface area contributed by atoms with Crippen LogP contribution in [0.1, 0.15) is 20.8 Å². The molecule has 1 atom stereocenters. The van der Waals surface area contributed by atoms with Crippen LogP contribution in [-0.2, 0) is 15.7 Å². The van der Waals surface area contributed by atoms with Crippen LogP contribution >= 0.6 is 0 Å². The van der Waals surface area contributed by atoms with E-state index >= 15 is 0 Å². The summed E-state index contributed by atoms with van der Waals surface area (Å²) in [5, 5.41) is 0. The third-order valence-corrected chi connectivity index (χ3v) is 2.67. The molecule has 0 N–H and O–H groups in total. The Hall–Kier alpha value is -1.15. The van der Waals surface area contributed by atoms with Crippen molar-refractivity contribution in [3.8, 4) is 12.0 Å². The minimum absolute atomic E-state index is 0.321. The molecule has 0 aliphatic carbocycles. The Balaban J connectivity index is 2.58. The molecule has 1 heterocycles. The standard InChI is InChI=1S/C9H12N2O2S/c1-9(2,3)14(12)11-7-8-10-5-4-6-13-8/h7H,5H2,1-3H3. The molecule has 0 aromatic carbocycles. The van der Waals surface area contributed by atoms with Gasteiger partial charge in [0.25, 0.3) is 0 Å². The summed E-state index contributed by atoms with van der Waals surface area (Å²) in [6.45, 7) is 5.96. The highest BCUT2D eigenvalue weighted by molar-refractivity contribution is 7.85. The molecule has 14 heavy (non-hydrogen) atoms. The summed E-state index contributed by atoms with van der Waals surface area (Å²) in [6.07, 6.45) is 3.78. The van der Waals surface area contributed by atoms with Crippen molar-refractivity contribution in [2.24, 2.45) is 9.39 Å². The monoisotopic (exact) mass is 212 g/mol. The number of aliphatic imine (C=N–C) groups is 1. The first-order valence-electron chi connectivity index (χ1n) is 4.15. The molecule has 0 fully saturated rings. The highest BCUT2D eigenvalue weighted by Crippen LogP contribution is 2.11. The Morgan fingerprint density at radius 1 is 1.64 bits per heavy atom. The van der Waals surface area contributed by atoms with Gasteiger partial charge in [-0.1, -0.05) is 0 Å². The molecule has 0 aromatic rings. The number of ether oxygens (including phenoxy) is 1. The predicted molar refractivity (Wildman–Crippen MR) is 57.6 cm³/mol. The lowest BCUT2D eigenvalue weighted by molar-refractivity contribution is 0.514. The maximum atomic E-state index is 11.5. The number of hydrogen-bond donors (Lipinski definition) is 0. The lowest BCUT2D eigenvalue weighted by Crippen LogP contribution is -2.20. The van der Waals surface area contributed by atoms with Crippen molar-refractivity contribution in [1.82, 2.24) is 0 Å². The van der Waals surface area contributed by atoms with Crippen LogP contribution in [-0.4, -0.2) is 27.6 Å². The minimum Gasteiger partial charge on any atom is -0.386 e. The van der Waals surface area contributed by atoms with Crippen LogP contribution < -0.4 is 0 Å². The van der Waals surface area contributed by atoms with Gasteiger partial charge in [-0.25, -0.2) is 9.20 Å². The van der Waals surface area contributed by atoms with Gasteiger partial charge in [-0.3, -0.25) is 0 Å². The Kier molecular flexibility index (Phi) is 3.42. The molecule has 1 rings (SSSR count). The molecule has 0 amide bonds. The van der Waals surface area contributed by atoms with Gasteiger partial charge in [0.15, 0.2) is 0 Å². The maximum Gasteiger partial charge on any atom is 0.246 e. The second-order valence-corrected chi connectivity index (χ2v) is 5.57. The van der Waals surface area contributed by atoms with Crippen molar-refractivity contribution < 1.29 is 8.95 Å². The predicted octanol–water partition coefficient (Wildman–Crippen LogP) is 0.909. The van der Waals surface area contributed by atoms with Crippen molar-refractivity contribution in [3.05, 3.63) is 0 Å². The van der Waals surface area contributed by atoms with Crippen LogP contribution in [0.2, 0.25) is 0 Å². The van der Waals surface area contributed by atoms with Gasteiger partial charge in [0.05, 0.1) is 4.75 Å². The van der Waals surface area contributed by atoms with E-state index < -0.39 is 11.0 Å². The smallest absolute Gasteiger partial charge is 0.246 e. The molecule has 76 valence electrons. The molecule has 1 unspecified atom stereocenters. The lowest BCUT2D eigenvalue weighted by atomic mass is 10.3. The normalized spacial score (nSPS) is 18.1. The van der Waals surface area contributed by atoms with Crippen LogP contribution in [0.15, 0.2) is 9.39 Å². The molecule has 1 aliphatic rings. The topological polar surface area (TPSA) is 51.0 Å². The Bertz CT molecular complexity index is 355. The first-order valence-corrected chi connectivity index (χ1v) is 5.26. The summed E-state index contributed by atoms with van der Waals surface area (Å²) in [5.41, 5.74) is 0. The van der Waals surface area contributed by atoms with E-state index in [1.165, 1.54) is 6.21 Å². The van der Waals surface area contributed by atoms with Gasteiger partial charge in [-0.2, -0.15) is 4.40 Å². The van der Waals surface area contributed by atoms with Crippen LogP contribution in [0, 0.1) is 12.0 Å². The number of rotatable bonds is 2. The fraction of sp³-hybridized carbons (Fsp3) is 0.556. The summed E-state index contributed by atoms with van der Waals surface area (Å²) in [4.78, 5) is 3.92. The van der Waals surface area contributed by atoms with Crippen molar-refractivity contribution in [3.63, 3.8) is 0 Å². The fourth-order valence-corrected chi connectivity index (χ4v) is 1.09. The molecular weight excluding hydrogens is 200 g/mol. The van der Waals surface area contributed by atoms with Crippen LogP contribution in [0.25, 0.3) is 0 Å². The largest absolute Gasteiger partial charge is 0.386 e. The van der Waals surface area contributed by atoms with Crippen molar-refractivity contribution in [1.29, 1.82) is 0 Å². The Labute approximate surface area is 86.1 Å². The van der Waals surface area contributed by atoms with Gasteiger partial charge in [0.1, 0.15) is 29.9 Å². The zero-order chi connectivity index (χ0) is 10.6. The van der Waals surface area contributed by atoms with E-state index in [9.17, 15) is 4.21 Å². The second-order valence-electron chi connectivity index (χ2n) is 3.63. The van der Waals surface area contributed by atoms with E-state index in [0.717, 1.165) is 0 Å². The van der Waals surface area contributed by atoms with Gasteiger partial charge < -0.3 is 4.74 Å². The molecular formula is C9H12N2O2S. The average Bonchev–Trinajstić information content (AvgIpc) is 2.14. The summed E-state index contributed by atoms with van der Waals surface area (Å²) in [5.74, 6) is 2.96. The highest BCUT2D eigenvalue weighted by Gasteiger charge is 2.18. The molecule has 0 saturated carbocycles. The van der Waals surface area contributed by atoms with Gasteiger partial charge in [0, 0.05) is 0 Å². The maximum absolute atomic E-state index is 11.5. The van der Waals surface area contributed by atoms with Crippen molar-refractivity contribution in [2.75, 3.05) is 6.54 Å². The first-order chi connectivity index (χ1) is 6.50. The Morgan fingerprint density at radius 3 is 2.86 bits per heavy atom. The fourth-order valence-electron chi connectivity index (χ4n) is 0.589. The highest BCUT2D eigenvalue weighted by atomic mass is 32.2. The average molecular weight is 212 g/mol. The molecule has 0 spiro atoms. The van der Waals surface area contributed by atoms with E-state index in [4.69, 9.17) is 4.74 Å². The zero-order valence-corrected chi connectivity index (χ0v) is 9.22. The quantitative estimate of drug-likeness (QED) is 0.504. The van der Waals surface area contributed by atoms with Crippen molar-refractivity contribution in [2.45, 2.75) is 25.5 Å². The molecule has 0 bridgehead atoms. The van der Waals surface area contributed by atoms with Crippen LogP contribution in [0.4, 0.5) is 0 Å². The first kappa shape index (κ1) is 10.9. The molecule has 4 nitrogen and oxygen atoms in total. The van der Waals surface area contributed by atoms with Crippen LogP contribution in [0.5, 0.6) is 0 Å². The lowest BCUT2D eigenvalue weighted by Gasteiger charge is -2.12. The number of nitrogens with zero attached hydrogens (tertiary/aromatic N) is 2. The van der Waals surface area contributed by atoms with Gasteiger partial charge in [0.2, 0.25) is 5.90 Å². The molecule has 1 aliphatic heterocycles. The summed E-state index contributed by atoms with van der Waals surface area (Å²) >= 11 is 0. The van der Waals surface area contributed by atoms with Gasteiger partial charge in [-0.05, 0) is 26.7 Å². The molecule has 0 saturated heterocycles. The van der Waals surface area contributed by atoms with E-state index in [-0.39, 0.29) is 4.75 Å².